The standard InChI is InChI=1S/C13H13FN4O2/c14-9-3-1-8(2-4-9)10-5-6-18(10)7-11-16-13(12(15)19)17-20-11/h1-4,10H,5-7H2,(H2,15,19). The molecule has 0 radical (unpaired) electrons. The Morgan fingerprint density at radius 3 is 2.75 bits per heavy atom. The molecule has 0 saturated carbocycles. The average molecular weight is 276 g/mol. The summed E-state index contributed by atoms with van der Waals surface area (Å²) in [7, 11) is 0. The van der Waals surface area contributed by atoms with Crippen LogP contribution in [0.4, 0.5) is 4.39 Å². The number of hydrogen-bond donors (Lipinski definition) is 1. The van der Waals surface area contributed by atoms with E-state index in [0.29, 0.717) is 12.4 Å². The van der Waals surface area contributed by atoms with Gasteiger partial charge < -0.3 is 10.3 Å². The SMILES string of the molecule is NC(=O)c1noc(CN2CCC2c2ccc(F)cc2)n1. The molecule has 1 amide bonds. The van der Waals surface area contributed by atoms with Crippen LogP contribution in [0.5, 0.6) is 0 Å². The lowest BCUT2D eigenvalue weighted by molar-refractivity contribution is 0.0690. The Morgan fingerprint density at radius 2 is 2.20 bits per heavy atom. The van der Waals surface area contributed by atoms with E-state index in [9.17, 15) is 9.18 Å². The van der Waals surface area contributed by atoms with Gasteiger partial charge in [0, 0.05) is 12.6 Å². The third-order valence-corrected chi connectivity index (χ3v) is 3.41. The van der Waals surface area contributed by atoms with Crippen LogP contribution in [0.25, 0.3) is 0 Å². The summed E-state index contributed by atoms with van der Waals surface area (Å²) in [5, 5.41) is 3.50. The van der Waals surface area contributed by atoms with Crippen molar-refractivity contribution in [2.45, 2.75) is 19.0 Å². The number of halogens is 1. The number of rotatable bonds is 4. The van der Waals surface area contributed by atoms with Crippen LogP contribution in [-0.2, 0) is 6.54 Å². The van der Waals surface area contributed by atoms with Crippen molar-refractivity contribution in [3.8, 4) is 0 Å². The number of nitrogens with zero attached hydrogens (tertiary/aromatic N) is 3. The zero-order valence-corrected chi connectivity index (χ0v) is 10.6. The van der Waals surface area contributed by atoms with Crippen molar-refractivity contribution in [3.05, 3.63) is 47.4 Å². The van der Waals surface area contributed by atoms with E-state index in [4.69, 9.17) is 10.3 Å². The molecule has 1 unspecified atom stereocenters. The first kappa shape index (κ1) is 12.7. The van der Waals surface area contributed by atoms with Crippen molar-refractivity contribution in [2.24, 2.45) is 5.73 Å². The van der Waals surface area contributed by atoms with Gasteiger partial charge in [-0.1, -0.05) is 17.3 Å². The molecule has 1 aromatic carbocycles. The van der Waals surface area contributed by atoms with Gasteiger partial charge in [-0.2, -0.15) is 4.98 Å². The number of hydrogen-bond acceptors (Lipinski definition) is 5. The van der Waals surface area contributed by atoms with E-state index in [2.05, 4.69) is 15.0 Å². The second-order valence-corrected chi connectivity index (χ2v) is 4.70. The monoisotopic (exact) mass is 276 g/mol. The van der Waals surface area contributed by atoms with Crippen molar-refractivity contribution in [1.29, 1.82) is 0 Å². The van der Waals surface area contributed by atoms with Gasteiger partial charge in [-0.3, -0.25) is 9.69 Å². The van der Waals surface area contributed by atoms with E-state index in [1.165, 1.54) is 12.1 Å². The van der Waals surface area contributed by atoms with Crippen LogP contribution >= 0.6 is 0 Å². The van der Waals surface area contributed by atoms with Crippen LogP contribution in [0.1, 0.15) is 34.5 Å². The van der Waals surface area contributed by atoms with Gasteiger partial charge in [0.25, 0.3) is 11.7 Å². The molecule has 2 aromatic rings. The maximum Gasteiger partial charge on any atom is 0.290 e. The summed E-state index contributed by atoms with van der Waals surface area (Å²) in [4.78, 5) is 16.9. The second kappa shape index (κ2) is 5.01. The van der Waals surface area contributed by atoms with E-state index in [-0.39, 0.29) is 17.7 Å². The minimum atomic E-state index is -0.710. The summed E-state index contributed by atoms with van der Waals surface area (Å²) in [5.41, 5.74) is 6.11. The molecule has 2 heterocycles. The average Bonchev–Trinajstić information content (AvgIpc) is 2.86. The fourth-order valence-electron chi connectivity index (χ4n) is 2.29. The van der Waals surface area contributed by atoms with E-state index in [1.807, 2.05) is 0 Å². The van der Waals surface area contributed by atoms with Gasteiger partial charge in [0.1, 0.15) is 5.82 Å². The Kier molecular flexibility index (Phi) is 3.19. The van der Waals surface area contributed by atoms with E-state index in [1.54, 1.807) is 12.1 Å². The van der Waals surface area contributed by atoms with Crippen LogP contribution < -0.4 is 5.73 Å². The number of carbonyl (C=O) groups excluding carboxylic acids is 1. The lowest BCUT2D eigenvalue weighted by atomic mass is 9.95. The topological polar surface area (TPSA) is 85.2 Å². The van der Waals surface area contributed by atoms with Gasteiger partial charge in [0.05, 0.1) is 6.54 Å². The molecule has 3 rings (SSSR count). The molecular weight excluding hydrogens is 263 g/mol. The molecule has 6 nitrogen and oxygen atoms in total. The second-order valence-electron chi connectivity index (χ2n) is 4.70. The van der Waals surface area contributed by atoms with Crippen molar-refractivity contribution >= 4 is 5.91 Å². The normalized spacial score (nSPS) is 18.8. The summed E-state index contributed by atoms with van der Waals surface area (Å²) in [6, 6.07) is 6.65. The molecule has 1 aliphatic rings. The Hall–Kier alpha value is -2.28. The summed E-state index contributed by atoms with van der Waals surface area (Å²) < 4.78 is 17.9. The van der Waals surface area contributed by atoms with Crippen molar-refractivity contribution < 1.29 is 13.7 Å². The molecule has 2 N–H and O–H groups in total. The molecule has 1 atom stereocenters. The molecule has 1 aliphatic heterocycles. The molecule has 0 bridgehead atoms. The Bertz CT molecular complexity index is 626. The van der Waals surface area contributed by atoms with Crippen LogP contribution in [0.2, 0.25) is 0 Å². The third kappa shape index (κ3) is 2.39. The number of likely N-dealkylation sites (tertiary alicyclic amines) is 1. The third-order valence-electron chi connectivity index (χ3n) is 3.41. The number of amides is 1. The first-order valence-corrected chi connectivity index (χ1v) is 6.25. The first-order chi connectivity index (χ1) is 9.63. The largest absolute Gasteiger partial charge is 0.363 e. The van der Waals surface area contributed by atoms with E-state index < -0.39 is 5.91 Å². The van der Waals surface area contributed by atoms with E-state index >= 15 is 0 Å². The van der Waals surface area contributed by atoms with Gasteiger partial charge >= 0.3 is 0 Å². The smallest absolute Gasteiger partial charge is 0.290 e. The minimum absolute atomic E-state index is 0.112. The Balaban J connectivity index is 1.68. The van der Waals surface area contributed by atoms with Crippen molar-refractivity contribution in [2.75, 3.05) is 6.54 Å². The van der Waals surface area contributed by atoms with Gasteiger partial charge in [-0.25, -0.2) is 4.39 Å². The summed E-state index contributed by atoms with van der Waals surface area (Å²) in [5.74, 6) is -0.717. The van der Waals surface area contributed by atoms with Gasteiger partial charge in [0.15, 0.2) is 0 Å². The van der Waals surface area contributed by atoms with Gasteiger partial charge in [0.2, 0.25) is 5.89 Å². The highest BCUT2D eigenvalue weighted by molar-refractivity contribution is 5.88. The molecule has 1 aromatic heterocycles. The maximum absolute atomic E-state index is 12.9. The van der Waals surface area contributed by atoms with Gasteiger partial charge in [-0.05, 0) is 24.1 Å². The lowest BCUT2D eigenvalue weighted by Gasteiger charge is -2.40. The highest BCUT2D eigenvalue weighted by Crippen LogP contribution is 2.34. The van der Waals surface area contributed by atoms with Crippen LogP contribution in [-0.4, -0.2) is 27.5 Å². The molecular formula is C13H13FN4O2. The lowest BCUT2D eigenvalue weighted by Crippen LogP contribution is -2.40. The minimum Gasteiger partial charge on any atom is -0.363 e. The van der Waals surface area contributed by atoms with Crippen LogP contribution in [0, 0.1) is 5.82 Å². The van der Waals surface area contributed by atoms with Crippen LogP contribution in [0.3, 0.4) is 0 Å². The quantitative estimate of drug-likeness (QED) is 0.908. The fourth-order valence-corrected chi connectivity index (χ4v) is 2.29. The van der Waals surface area contributed by atoms with E-state index in [0.717, 1.165) is 18.5 Å². The predicted octanol–water partition coefficient (Wildman–Crippen LogP) is 1.25. The number of carbonyl (C=O) groups is 1. The molecule has 104 valence electrons. The summed E-state index contributed by atoms with van der Waals surface area (Å²) >= 11 is 0. The predicted molar refractivity (Wildman–Crippen MR) is 67.0 cm³/mol. The highest BCUT2D eigenvalue weighted by atomic mass is 19.1. The zero-order chi connectivity index (χ0) is 14.1. The molecule has 1 fully saturated rings. The van der Waals surface area contributed by atoms with Crippen LogP contribution in [0.15, 0.2) is 28.8 Å². The number of benzene rings is 1. The summed E-state index contributed by atoms with van der Waals surface area (Å²) in [6.45, 7) is 1.33. The Labute approximate surface area is 114 Å². The number of primary amides is 1. The van der Waals surface area contributed by atoms with Crippen molar-refractivity contribution in [1.82, 2.24) is 15.0 Å². The summed E-state index contributed by atoms with van der Waals surface area (Å²) in [6.07, 6.45) is 0.989. The number of aromatic nitrogens is 2. The van der Waals surface area contributed by atoms with Crippen molar-refractivity contribution in [3.63, 3.8) is 0 Å². The molecule has 1 saturated heterocycles. The highest BCUT2D eigenvalue weighted by Gasteiger charge is 2.30. The molecule has 7 heteroatoms. The zero-order valence-electron chi connectivity index (χ0n) is 10.6. The molecule has 0 spiro atoms. The fraction of sp³-hybridized carbons (Fsp3) is 0.308. The Morgan fingerprint density at radius 1 is 1.45 bits per heavy atom. The number of nitrogens with two attached hydrogens (primary N) is 1. The first-order valence-electron chi connectivity index (χ1n) is 6.25. The maximum atomic E-state index is 12.9. The molecule has 0 aliphatic carbocycles. The van der Waals surface area contributed by atoms with Gasteiger partial charge in [-0.15, -0.1) is 0 Å². The molecule has 20 heavy (non-hydrogen) atoms.